The molecule has 3 saturated carbocycles. The molecule has 0 heterocycles. The SMILES string of the molecule is Cl.Cl.NNC12CCCC(C1)C2. The van der Waals surface area contributed by atoms with Gasteiger partial charge in [0.1, 0.15) is 0 Å². The van der Waals surface area contributed by atoms with E-state index >= 15 is 0 Å². The van der Waals surface area contributed by atoms with Gasteiger partial charge in [-0.1, -0.05) is 12.8 Å². The summed E-state index contributed by atoms with van der Waals surface area (Å²) in [6.07, 6.45) is 6.81. The van der Waals surface area contributed by atoms with E-state index < -0.39 is 0 Å². The summed E-state index contributed by atoms with van der Waals surface area (Å²) in [6, 6.07) is 0. The van der Waals surface area contributed by atoms with Gasteiger partial charge in [0, 0.05) is 5.54 Å². The molecule has 3 aliphatic rings. The molecular formula is C7H16Cl2N2. The van der Waals surface area contributed by atoms with Crippen molar-refractivity contribution in [2.75, 3.05) is 0 Å². The quantitative estimate of drug-likeness (QED) is 0.497. The van der Waals surface area contributed by atoms with Gasteiger partial charge in [0.05, 0.1) is 0 Å². The van der Waals surface area contributed by atoms with Crippen LogP contribution in [-0.4, -0.2) is 5.54 Å². The number of nitrogens with one attached hydrogen (secondary N) is 1. The van der Waals surface area contributed by atoms with Crippen molar-refractivity contribution in [1.82, 2.24) is 5.43 Å². The summed E-state index contributed by atoms with van der Waals surface area (Å²) in [7, 11) is 0. The summed E-state index contributed by atoms with van der Waals surface area (Å²) in [5, 5.41) is 0. The van der Waals surface area contributed by atoms with Gasteiger partial charge in [-0.2, -0.15) is 0 Å². The van der Waals surface area contributed by atoms with E-state index in [1.54, 1.807) is 0 Å². The molecule has 0 radical (unpaired) electrons. The lowest BCUT2D eigenvalue weighted by Crippen LogP contribution is -2.60. The third-order valence-corrected chi connectivity index (χ3v) is 2.93. The third-order valence-electron chi connectivity index (χ3n) is 2.93. The first-order valence-corrected chi connectivity index (χ1v) is 3.82. The fraction of sp³-hybridized carbons (Fsp3) is 1.00. The Balaban J connectivity index is 0.000000500. The molecule has 0 aromatic carbocycles. The van der Waals surface area contributed by atoms with Crippen LogP contribution in [0.1, 0.15) is 32.1 Å². The van der Waals surface area contributed by atoms with Gasteiger partial charge in [0.25, 0.3) is 0 Å². The highest BCUT2D eigenvalue weighted by Crippen LogP contribution is 2.48. The van der Waals surface area contributed by atoms with Crippen molar-refractivity contribution in [3.05, 3.63) is 0 Å². The van der Waals surface area contributed by atoms with Gasteiger partial charge in [-0.15, -0.1) is 24.8 Å². The van der Waals surface area contributed by atoms with Gasteiger partial charge >= 0.3 is 0 Å². The Bertz CT molecular complexity index is 118. The molecule has 3 rings (SSSR count). The summed E-state index contributed by atoms with van der Waals surface area (Å²) in [6.45, 7) is 0. The molecule has 2 bridgehead atoms. The smallest absolute Gasteiger partial charge is 0.0326 e. The molecule has 0 aromatic rings. The van der Waals surface area contributed by atoms with E-state index in [1.165, 1.54) is 32.1 Å². The van der Waals surface area contributed by atoms with Crippen LogP contribution < -0.4 is 11.3 Å². The highest BCUT2D eigenvalue weighted by molar-refractivity contribution is 5.85. The van der Waals surface area contributed by atoms with Gasteiger partial charge in [-0.25, -0.2) is 0 Å². The van der Waals surface area contributed by atoms with E-state index in [4.69, 9.17) is 5.84 Å². The van der Waals surface area contributed by atoms with Crippen LogP contribution in [0.2, 0.25) is 0 Å². The molecule has 0 spiro atoms. The maximum absolute atomic E-state index is 5.43. The molecule has 3 N–H and O–H groups in total. The number of hydrogen-bond acceptors (Lipinski definition) is 2. The third kappa shape index (κ3) is 1.81. The van der Waals surface area contributed by atoms with Gasteiger partial charge in [-0.3, -0.25) is 11.3 Å². The Morgan fingerprint density at radius 3 is 2.18 bits per heavy atom. The molecule has 2 nitrogen and oxygen atoms in total. The summed E-state index contributed by atoms with van der Waals surface area (Å²) in [5.41, 5.74) is 3.34. The Labute approximate surface area is 80.1 Å². The van der Waals surface area contributed by atoms with E-state index in [2.05, 4.69) is 5.43 Å². The van der Waals surface area contributed by atoms with Crippen molar-refractivity contribution in [2.45, 2.75) is 37.6 Å². The van der Waals surface area contributed by atoms with E-state index in [0.717, 1.165) is 5.92 Å². The Morgan fingerprint density at radius 2 is 1.91 bits per heavy atom. The second kappa shape index (κ2) is 3.94. The number of nitrogens with two attached hydrogens (primary N) is 1. The number of rotatable bonds is 1. The monoisotopic (exact) mass is 198 g/mol. The number of fused-ring (bicyclic) bond motifs is 2. The van der Waals surface area contributed by atoms with Crippen LogP contribution in [0.4, 0.5) is 0 Å². The summed E-state index contributed by atoms with van der Waals surface area (Å²) in [4.78, 5) is 0. The minimum atomic E-state index is 0. The number of hydrazine groups is 1. The lowest BCUT2D eigenvalue weighted by atomic mass is 9.60. The minimum absolute atomic E-state index is 0. The van der Waals surface area contributed by atoms with Crippen LogP contribution in [-0.2, 0) is 0 Å². The average molecular weight is 199 g/mol. The molecule has 4 heteroatoms. The van der Waals surface area contributed by atoms with Crippen molar-refractivity contribution < 1.29 is 0 Å². The van der Waals surface area contributed by atoms with Crippen LogP contribution in [0.5, 0.6) is 0 Å². The summed E-state index contributed by atoms with van der Waals surface area (Å²) in [5.74, 6) is 6.43. The maximum atomic E-state index is 5.43. The molecule has 3 fully saturated rings. The molecule has 68 valence electrons. The van der Waals surface area contributed by atoms with Crippen LogP contribution in [0.15, 0.2) is 0 Å². The fourth-order valence-corrected chi connectivity index (χ4v) is 2.37. The van der Waals surface area contributed by atoms with Crippen LogP contribution in [0.25, 0.3) is 0 Å². The first kappa shape index (κ1) is 11.5. The van der Waals surface area contributed by atoms with E-state index in [1.807, 2.05) is 0 Å². The molecule has 0 unspecified atom stereocenters. The van der Waals surface area contributed by atoms with Crippen LogP contribution in [0, 0.1) is 5.92 Å². The average Bonchev–Trinajstić information content (AvgIpc) is 1.88. The summed E-state index contributed by atoms with van der Waals surface area (Å²) < 4.78 is 0. The zero-order valence-electron chi connectivity index (χ0n) is 6.51. The lowest BCUT2D eigenvalue weighted by molar-refractivity contribution is 0.0429. The normalized spacial score (nSPS) is 39.5. The first-order chi connectivity index (χ1) is 4.35. The zero-order valence-corrected chi connectivity index (χ0v) is 8.14. The van der Waals surface area contributed by atoms with Gasteiger partial charge in [-0.05, 0) is 25.2 Å². The van der Waals surface area contributed by atoms with E-state index in [-0.39, 0.29) is 24.8 Å². The zero-order chi connectivity index (χ0) is 6.32. The fourth-order valence-electron chi connectivity index (χ4n) is 2.37. The molecular weight excluding hydrogens is 183 g/mol. The Hall–Kier alpha value is 0.500. The van der Waals surface area contributed by atoms with Crippen molar-refractivity contribution >= 4 is 24.8 Å². The molecule has 0 aliphatic heterocycles. The predicted octanol–water partition coefficient (Wildman–Crippen LogP) is 1.63. The van der Waals surface area contributed by atoms with Crippen molar-refractivity contribution in [1.29, 1.82) is 0 Å². The largest absolute Gasteiger partial charge is 0.271 e. The predicted molar refractivity (Wildman–Crippen MR) is 51.1 cm³/mol. The second-order valence-corrected chi connectivity index (χ2v) is 3.59. The van der Waals surface area contributed by atoms with Gasteiger partial charge in [0.2, 0.25) is 0 Å². The maximum Gasteiger partial charge on any atom is 0.0326 e. The lowest BCUT2D eigenvalue weighted by Gasteiger charge is -2.52. The standard InChI is InChI=1S/C7H14N2.2ClH/c8-9-7-3-1-2-6(4-7)5-7;;/h6,9H,1-5,8H2;2*1H. The molecule has 0 atom stereocenters. The van der Waals surface area contributed by atoms with E-state index in [9.17, 15) is 0 Å². The molecule has 0 amide bonds. The van der Waals surface area contributed by atoms with Crippen molar-refractivity contribution in [3.8, 4) is 0 Å². The first-order valence-electron chi connectivity index (χ1n) is 3.82. The summed E-state index contributed by atoms with van der Waals surface area (Å²) >= 11 is 0. The van der Waals surface area contributed by atoms with Gasteiger partial charge < -0.3 is 0 Å². The van der Waals surface area contributed by atoms with Gasteiger partial charge in [0.15, 0.2) is 0 Å². The highest BCUT2D eigenvalue weighted by atomic mass is 35.5. The number of halogens is 2. The minimum Gasteiger partial charge on any atom is -0.271 e. The Kier molecular flexibility index (Phi) is 4.12. The van der Waals surface area contributed by atoms with E-state index in [0.29, 0.717) is 5.54 Å². The highest BCUT2D eigenvalue weighted by Gasteiger charge is 2.45. The Morgan fingerprint density at radius 1 is 1.27 bits per heavy atom. The second-order valence-electron chi connectivity index (χ2n) is 3.59. The van der Waals surface area contributed by atoms with Crippen LogP contribution >= 0.6 is 24.8 Å². The molecule has 0 aromatic heterocycles. The molecule has 3 aliphatic carbocycles. The number of hydrogen-bond donors (Lipinski definition) is 2. The molecule has 0 saturated heterocycles. The van der Waals surface area contributed by atoms with Crippen molar-refractivity contribution in [3.63, 3.8) is 0 Å². The van der Waals surface area contributed by atoms with Crippen LogP contribution in [0.3, 0.4) is 0 Å². The van der Waals surface area contributed by atoms with Crippen molar-refractivity contribution in [2.24, 2.45) is 11.8 Å². The topological polar surface area (TPSA) is 38.0 Å². The molecule has 11 heavy (non-hydrogen) atoms.